The van der Waals surface area contributed by atoms with E-state index in [4.69, 9.17) is 16.3 Å². The highest BCUT2D eigenvalue weighted by Gasteiger charge is 2.71. The van der Waals surface area contributed by atoms with Gasteiger partial charge in [0.05, 0.1) is 46.5 Å². The number of aliphatic hydroxyl groups is 1. The number of para-hydroxylation sites is 1. The SMILES string of the molecule is Cc1cccc(Cl)c1N1CC=C[C@]23S[C@@H]4C=CCCOC(=O)[C@@H]4[C@H]2C(=O)N([C@@H](CO)Cc2ccccc2)C3C1=O. The molecule has 0 radical (unpaired) electrons. The molecule has 7 nitrogen and oxygen atoms in total. The molecule has 40 heavy (non-hydrogen) atoms. The Balaban J connectivity index is 1.50. The quantitative estimate of drug-likeness (QED) is 0.427. The van der Waals surface area contributed by atoms with E-state index in [1.165, 1.54) is 11.8 Å². The summed E-state index contributed by atoms with van der Waals surface area (Å²) in [6.45, 7) is 2.10. The molecule has 2 amide bonds. The fourth-order valence-corrected chi connectivity index (χ4v) is 9.05. The molecule has 2 aromatic carbocycles. The topological polar surface area (TPSA) is 87.2 Å². The molecule has 4 aliphatic rings. The van der Waals surface area contributed by atoms with E-state index in [0.29, 0.717) is 23.6 Å². The number of halogens is 1. The predicted octanol–water partition coefficient (Wildman–Crippen LogP) is 3.96. The summed E-state index contributed by atoms with van der Waals surface area (Å²) in [5.74, 6) is -2.53. The first-order chi connectivity index (χ1) is 19.4. The number of anilines is 1. The minimum absolute atomic E-state index is 0.256. The average molecular weight is 579 g/mol. The summed E-state index contributed by atoms with van der Waals surface area (Å²) in [5.41, 5.74) is 2.38. The van der Waals surface area contributed by atoms with E-state index in [9.17, 15) is 19.5 Å². The summed E-state index contributed by atoms with van der Waals surface area (Å²) in [6.07, 6.45) is 8.82. The molecular weight excluding hydrogens is 548 g/mol. The van der Waals surface area contributed by atoms with E-state index in [1.54, 1.807) is 15.9 Å². The Morgan fingerprint density at radius 3 is 2.65 bits per heavy atom. The Kier molecular flexibility index (Phi) is 7.27. The molecule has 0 aliphatic carbocycles. The summed E-state index contributed by atoms with van der Waals surface area (Å²) in [4.78, 5) is 45.8. The van der Waals surface area contributed by atoms with Gasteiger partial charge in [0.2, 0.25) is 5.91 Å². The van der Waals surface area contributed by atoms with Gasteiger partial charge in [0.25, 0.3) is 5.91 Å². The molecule has 4 aliphatic heterocycles. The lowest BCUT2D eigenvalue weighted by Gasteiger charge is -2.39. The van der Waals surface area contributed by atoms with Crippen molar-refractivity contribution >= 4 is 46.8 Å². The highest BCUT2D eigenvalue weighted by atomic mass is 35.5. The minimum Gasteiger partial charge on any atom is -0.465 e. The van der Waals surface area contributed by atoms with Gasteiger partial charge in [-0.15, -0.1) is 11.8 Å². The number of hydrogen-bond acceptors (Lipinski definition) is 6. The van der Waals surface area contributed by atoms with E-state index in [1.807, 2.05) is 73.7 Å². The third-order valence-electron chi connectivity index (χ3n) is 8.44. The van der Waals surface area contributed by atoms with E-state index < -0.39 is 34.6 Å². The monoisotopic (exact) mass is 578 g/mol. The number of esters is 1. The maximum atomic E-state index is 14.7. The van der Waals surface area contributed by atoms with Crippen LogP contribution < -0.4 is 4.90 Å². The van der Waals surface area contributed by atoms with Crippen molar-refractivity contribution in [2.75, 3.05) is 24.7 Å². The molecular formula is C31H31ClN2O5S. The molecule has 9 heteroatoms. The molecule has 1 N–H and O–H groups in total. The van der Waals surface area contributed by atoms with Crippen LogP contribution in [0.1, 0.15) is 17.5 Å². The summed E-state index contributed by atoms with van der Waals surface area (Å²) in [6, 6.07) is 13.5. The number of nitrogens with zero attached hydrogens (tertiary/aromatic N) is 2. The second-order valence-electron chi connectivity index (χ2n) is 10.8. The summed E-state index contributed by atoms with van der Waals surface area (Å²) in [7, 11) is 0. The van der Waals surface area contributed by atoms with Crippen LogP contribution in [0, 0.1) is 18.8 Å². The third-order valence-corrected chi connectivity index (χ3v) is 10.5. The Morgan fingerprint density at radius 2 is 1.90 bits per heavy atom. The first-order valence-electron chi connectivity index (χ1n) is 13.6. The van der Waals surface area contributed by atoms with Crippen LogP contribution in [0.25, 0.3) is 0 Å². The first-order valence-corrected chi connectivity index (χ1v) is 14.9. The van der Waals surface area contributed by atoms with Gasteiger partial charge in [0.1, 0.15) is 6.04 Å². The average Bonchev–Trinajstić information content (AvgIpc) is 3.32. The van der Waals surface area contributed by atoms with Crippen molar-refractivity contribution in [1.82, 2.24) is 4.90 Å². The van der Waals surface area contributed by atoms with E-state index in [2.05, 4.69) is 0 Å². The van der Waals surface area contributed by atoms with Gasteiger partial charge in [0.15, 0.2) is 0 Å². The number of amides is 2. The molecule has 6 atom stereocenters. The minimum atomic E-state index is -1.01. The first kappa shape index (κ1) is 27.1. The van der Waals surface area contributed by atoms with Gasteiger partial charge in [-0.2, -0.15) is 0 Å². The lowest BCUT2D eigenvalue weighted by atomic mass is 9.78. The van der Waals surface area contributed by atoms with Crippen LogP contribution in [0.3, 0.4) is 0 Å². The molecule has 1 spiro atoms. The fraction of sp³-hybridized carbons (Fsp3) is 0.387. The number of hydrogen-bond donors (Lipinski definition) is 1. The largest absolute Gasteiger partial charge is 0.465 e. The summed E-state index contributed by atoms with van der Waals surface area (Å²) in [5, 5.41) is 10.8. The van der Waals surface area contributed by atoms with E-state index in [0.717, 1.165) is 11.1 Å². The summed E-state index contributed by atoms with van der Waals surface area (Å²) < 4.78 is 4.56. The molecule has 0 bridgehead atoms. The van der Waals surface area contributed by atoms with Crippen molar-refractivity contribution in [2.24, 2.45) is 11.8 Å². The van der Waals surface area contributed by atoms with Crippen LogP contribution in [-0.4, -0.2) is 69.6 Å². The smallest absolute Gasteiger partial charge is 0.311 e. The number of benzene rings is 2. The van der Waals surface area contributed by atoms with Crippen molar-refractivity contribution in [1.29, 1.82) is 0 Å². The lowest BCUT2D eigenvalue weighted by molar-refractivity contribution is -0.153. The highest BCUT2D eigenvalue weighted by molar-refractivity contribution is 8.02. The fourth-order valence-electron chi connectivity index (χ4n) is 6.74. The van der Waals surface area contributed by atoms with Gasteiger partial charge in [-0.05, 0) is 37.0 Å². The predicted molar refractivity (Wildman–Crippen MR) is 155 cm³/mol. The van der Waals surface area contributed by atoms with E-state index >= 15 is 0 Å². The van der Waals surface area contributed by atoms with Gasteiger partial charge in [-0.3, -0.25) is 14.4 Å². The highest BCUT2D eigenvalue weighted by Crippen LogP contribution is 2.61. The molecule has 2 saturated heterocycles. The number of ether oxygens (including phenoxy) is 1. The molecule has 6 rings (SSSR count). The van der Waals surface area contributed by atoms with E-state index in [-0.39, 0.29) is 36.8 Å². The zero-order valence-corrected chi connectivity index (χ0v) is 23.7. The molecule has 4 heterocycles. The Labute approximate surface area is 242 Å². The Hall–Kier alpha value is -3.07. The normalized spacial score (nSPS) is 30.2. The van der Waals surface area contributed by atoms with Crippen LogP contribution in [0.15, 0.2) is 72.8 Å². The zero-order valence-electron chi connectivity index (χ0n) is 22.1. The van der Waals surface area contributed by atoms with Gasteiger partial charge >= 0.3 is 5.97 Å². The maximum Gasteiger partial charge on any atom is 0.311 e. The van der Waals surface area contributed by atoms with Gasteiger partial charge in [0, 0.05) is 11.8 Å². The number of rotatable bonds is 5. The van der Waals surface area contributed by atoms with Crippen molar-refractivity contribution in [3.05, 3.63) is 89.0 Å². The number of carbonyl (C=O) groups is 3. The second-order valence-corrected chi connectivity index (χ2v) is 12.6. The summed E-state index contributed by atoms with van der Waals surface area (Å²) >= 11 is 8.13. The lowest BCUT2D eigenvalue weighted by Crippen LogP contribution is -2.57. The van der Waals surface area contributed by atoms with Crippen LogP contribution in [0.4, 0.5) is 5.69 Å². The zero-order chi connectivity index (χ0) is 28.0. The number of aryl methyl sites for hydroxylation is 1. The van der Waals surface area contributed by atoms with Crippen LogP contribution in [-0.2, 0) is 25.5 Å². The standard InChI is InChI=1S/C31H31ClN2O5S/c1-19-9-7-12-22(32)26(19)33-15-8-14-31-25(24-23(40-31)13-5-6-16-39-30(24)38)28(36)34(27(31)29(33)37)21(18-35)17-20-10-3-2-4-11-20/h2-5,7-14,21,23-25,27,35H,6,15-18H2,1H3/t21-,23-,24+,25+,27?,31+/m1/s1. The Bertz CT molecular complexity index is 1380. The van der Waals surface area contributed by atoms with Gasteiger partial charge in [-0.25, -0.2) is 0 Å². The van der Waals surface area contributed by atoms with Crippen molar-refractivity contribution in [3.63, 3.8) is 0 Å². The third kappa shape index (κ3) is 4.28. The number of cyclic esters (lactones) is 1. The van der Waals surface area contributed by atoms with Gasteiger partial charge < -0.3 is 19.6 Å². The van der Waals surface area contributed by atoms with Crippen LogP contribution in [0.2, 0.25) is 5.02 Å². The molecule has 0 saturated carbocycles. The second kappa shape index (κ2) is 10.7. The van der Waals surface area contributed by atoms with Crippen molar-refractivity contribution in [3.8, 4) is 0 Å². The van der Waals surface area contributed by atoms with Crippen LogP contribution >= 0.6 is 23.4 Å². The van der Waals surface area contributed by atoms with Crippen molar-refractivity contribution < 1.29 is 24.2 Å². The van der Waals surface area contributed by atoms with Crippen molar-refractivity contribution in [2.45, 2.75) is 41.8 Å². The number of carbonyl (C=O) groups excluding carboxylic acids is 3. The van der Waals surface area contributed by atoms with Gasteiger partial charge in [-0.1, -0.05) is 78.4 Å². The molecule has 0 aromatic heterocycles. The number of likely N-dealkylation sites (tertiary alicyclic amines) is 1. The number of fused-ring (bicyclic) bond motifs is 2. The number of thioether (sulfide) groups is 1. The molecule has 208 valence electrons. The van der Waals surface area contributed by atoms with Crippen LogP contribution in [0.5, 0.6) is 0 Å². The molecule has 2 aromatic rings. The molecule has 1 unspecified atom stereocenters. The maximum absolute atomic E-state index is 14.7. The Morgan fingerprint density at radius 1 is 1.10 bits per heavy atom. The molecule has 2 fully saturated rings. The number of aliphatic hydroxyl groups excluding tert-OH is 1.